The minimum atomic E-state index is -0.609. The number of aromatic nitrogens is 2. The van der Waals surface area contributed by atoms with E-state index in [-0.39, 0.29) is 0 Å². The Kier molecular flexibility index (Phi) is 3.03. The van der Waals surface area contributed by atoms with Gasteiger partial charge in [-0.1, -0.05) is 23.8 Å². The summed E-state index contributed by atoms with van der Waals surface area (Å²) < 4.78 is 1.74. The molecule has 0 amide bonds. The summed E-state index contributed by atoms with van der Waals surface area (Å²) >= 11 is 0. The predicted octanol–water partition coefficient (Wildman–Crippen LogP) is 2.43. The van der Waals surface area contributed by atoms with Crippen LogP contribution in [0.3, 0.4) is 0 Å². The fourth-order valence-corrected chi connectivity index (χ4v) is 2.18. The van der Waals surface area contributed by atoms with E-state index in [0.29, 0.717) is 0 Å². The Hall–Kier alpha value is -1.61. The monoisotopic (exact) mass is 230 g/mol. The van der Waals surface area contributed by atoms with Crippen LogP contribution in [0.4, 0.5) is 0 Å². The number of aliphatic hydroxyl groups is 1. The molecule has 0 fully saturated rings. The minimum Gasteiger partial charge on any atom is -0.382 e. The molecule has 3 heteroatoms. The van der Waals surface area contributed by atoms with Gasteiger partial charge >= 0.3 is 0 Å². The van der Waals surface area contributed by atoms with Crippen molar-refractivity contribution in [1.82, 2.24) is 9.78 Å². The molecule has 0 saturated heterocycles. The van der Waals surface area contributed by atoms with E-state index in [4.69, 9.17) is 0 Å². The van der Waals surface area contributed by atoms with Crippen molar-refractivity contribution in [3.05, 3.63) is 52.3 Å². The molecular formula is C14H18N2O. The maximum Gasteiger partial charge on any atom is 0.121 e. The van der Waals surface area contributed by atoms with E-state index in [1.165, 1.54) is 5.56 Å². The summed E-state index contributed by atoms with van der Waals surface area (Å²) in [5, 5.41) is 14.7. The zero-order chi connectivity index (χ0) is 12.6. The molecule has 0 aliphatic rings. The molecule has 2 aromatic rings. The Bertz CT molecular complexity index is 543. The standard InChI is InChI=1S/C14H18N2O/c1-9-5-6-12(10(2)7-9)14(17)13-8-11(3)15-16(13)4/h5-8,14,17H,1-4H3. The van der Waals surface area contributed by atoms with Crippen LogP contribution in [0.1, 0.15) is 34.2 Å². The maximum atomic E-state index is 10.4. The van der Waals surface area contributed by atoms with Crippen LogP contribution >= 0.6 is 0 Å². The summed E-state index contributed by atoms with van der Waals surface area (Å²) in [5.41, 5.74) is 5.01. The zero-order valence-electron chi connectivity index (χ0n) is 10.7. The number of aryl methyl sites for hydroxylation is 4. The van der Waals surface area contributed by atoms with Crippen LogP contribution in [0.25, 0.3) is 0 Å². The highest BCUT2D eigenvalue weighted by Crippen LogP contribution is 2.25. The highest BCUT2D eigenvalue weighted by molar-refractivity contribution is 5.36. The summed E-state index contributed by atoms with van der Waals surface area (Å²) in [6.07, 6.45) is -0.609. The number of benzene rings is 1. The molecule has 90 valence electrons. The van der Waals surface area contributed by atoms with Crippen molar-refractivity contribution < 1.29 is 5.11 Å². The van der Waals surface area contributed by atoms with Crippen LogP contribution in [0, 0.1) is 20.8 Å². The van der Waals surface area contributed by atoms with E-state index in [1.807, 2.05) is 39.1 Å². The maximum absolute atomic E-state index is 10.4. The van der Waals surface area contributed by atoms with Crippen molar-refractivity contribution in [2.45, 2.75) is 26.9 Å². The fourth-order valence-electron chi connectivity index (χ4n) is 2.18. The zero-order valence-corrected chi connectivity index (χ0v) is 10.7. The first-order valence-electron chi connectivity index (χ1n) is 5.75. The summed E-state index contributed by atoms with van der Waals surface area (Å²) in [5.74, 6) is 0. The molecule has 17 heavy (non-hydrogen) atoms. The quantitative estimate of drug-likeness (QED) is 0.860. The molecule has 1 unspecified atom stereocenters. The minimum absolute atomic E-state index is 0.609. The molecule has 0 spiro atoms. The lowest BCUT2D eigenvalue weighted by molar-refractivity contribution is 0.209. The molecule has 0 radical (unpaired) electrons. The van der Waals surface area contributed by atoms with Gasteiger partial charge in [-0.05, 0) is 38.0 Å². The van der Waals surface area contributed by atoms with Crippen LogP contribution in [-0.4, -0.2) is 14.9 Å². The summed E-state index contributed by atoms with van der Waals surface area (Å²) in [4.78, 5) is 0. The van der Waals surface area contributed by atoms with Crippen molar-refractivity contribution >= 4 is 0 Å². The molecule has 1 heterocycles. The van der Waals surface area contributed by atoms with Crippen molar-refractivity contribution in [3.63, 3.8) is 0 Å². The Labute approximate surface area is 102 Å². The second-order valence-electron chi connectivity index (χ2n) is 4.60. The van der Waals surface area contributed by atoms with Gasteiger partial charge in [-0.15, -0.1) is 0 Å². The van der Waals surface area contributed by atoms with E-state index in [9.17, 15) is 5.11 Å². The average Bonchev–Trinajstić information content (AvgIpc) is 2.57. The lowest BCUT2D eigenvalue weighted by Crippen LogP contribution is -2.08. The van der Waals surface area contributed by atoms with Gasteiger partial charge in [0.15, 0.2) is 0 Å². The van der Waals surface area contributed by atoms with Gasteiger partial charge in [0.2, 0.25) is 0 Å². The third-order valence-electron chi connectivity index (χ3n) is 3.04. The van der Waals surface area contributed by atoms with Crippen molar-refractivity contribution in [1.29, 1.82) is 0 Å². The molecule has 1 aromatic heterocycles. The highest BCUT2D eigenvalue weighted by atomic mass is 16.3. The van der Waals surface area contributed by atoms with Crippen molar-refractivity contribution in [2.75, 3.05) is 0 Å². The smallest absolute Gasteiger partial charge is 0.121 e. The third kappa shape index (κ3) is 2.24. The fraction of sp³-hybridized carbons (Fsp3) is 0.357. The predicted molar refractivity (Wildman–Crippen MR) is 67.9 cm³/mol. The number of aliphatic hydroxyl groups excluding tert-OH is 1. The summed E-state index contributed by atoms with van der Waals surface area (Å²) in [7, 11) is 1.86. The van der Waals surface area contributed by atoms with E-state index in [2.05, 4.69) is 18.1 Å². The van der Waals surface area contributed by atoms with Gasteiger partial charge in [0, 0.05) is 7.05 Å². The average molecular weight is 230 g/mol. The van der Waals surface area contributed by atoms with E-state index < -0.39 is 6.10 Å². The van der Waals surface area contributed by atoms with Gasteiger partial charge in [0.05, 0.1) is 11.4 Å². The van der Waals surface area contributed by atoms with Gasteiger partial charge in [-0.25, -0.2) is 0 Å². The second kappa shape index (κ2) is 4.34. The van der Waals surface area contributed by atoms with Gasteiger partial charge in [-0.2, -0.15) is 5.10 Å². The molecule has 0 aliphatic carbocycles. The molecule has 0 aliphatic heterocycles. The number of nitrogens with zero attached hydrogens (tertiary/aromatic N) is 2. The molecule has 1 atom stereocenters. The summed E-state index contributed by atoms with van der Waals surface area (Å²) in [6.45, 7) is 6.00. The van der Waals surface area contributed by atoms with Gasteiger partial charge in [0.1, 0.15) is 6.10 Å². The number of rotatable bonds is 2. The first-order valence-corrected chi connectivity index (χ1v) is 5.75. The van der Waals surface area contributed by atoms with Crippen molar-refractivity contribution in [3.8, 4) is 0 Å². The third-order valence-corrected chi connectivity index (χ3v) is 3.04. The Morgan fingerprint density at radius 3 is 2.41 bits per heavy atom. The first kappa shape index (κ1) is 11.9. The van der Waals surface area contributed by atoms with Crippen LogP contribution in [-0.2, 0) is 7.05 Å². The summed E-state index contributed by atoms with van der Waals surface area (Å²) in [6, 6.07) is 8.01. The Morgan fingerprint density at radius 2 is 1.88 bits per heavy atom. The lowest BCUT2D eigenvalue weighted by Gasteiger charge is -2.14. The van der Waals surface area contributed by atoms with Crippen molar-refractivity contribution in [2.24, 2.45) is 7.05 Å². The van der Waals surface area contributed by atoms with Gasteiger partial charge < -0.3 is 5.11 Å². The number of hydrogen-bond acceptors (Lipinski definition) is 2. The molecule has 1 aromatic carbocycles. The van der Waals surface area contributed by atoms with E-state index in [0.717, 1.165) is 22.5 Å². The Balaban J connectivity index is 2.43. The number of hydrogen-bond donors (Lipinski definition) is 1. The first-order chi connectivity index (χ1) is 7.99. The molecular weight excluding hydrogens is 212 g/mol. The van der Waals surface area contributed by atoms with Crippen LogP contribution < -0.4 is 0 Å². The molecule has 2 rings (SSSR count). The molecule has 3 nitrogen and oxygen atoms in total. The lowest BCUT2D eigenvalue weighted by atomic mass is 9.99. The molecule has 0 bridgehead atoms. The van der Waals surface area contributed by atoms with Crippen LogP contribution in [0.5, 0.6) is 0 Å². The normalized spacial score (nSPS) is 12.8. The topological polar surface area (TPSA) is 38.1 Å². The van der Waals surface area contributed by atoms with E-state index >= 15 is 0 Å². The second-order valence-corrected chi connectivity index (χ2v) is 4.60. The molecule has 0 saturated carbocycles. The Morgan fingerprint density at radius 1 is 1.18 bits per heavy atom. The highest BCUT2D eigenvalue weighted by Gasteiger charge is 2.16. The molecule has 1 N–H and O–H groups in total. The van der Waals surface area contributed by atoms with Gasteiger partial charge in [-0.3, -0.25) is 4.68 Å². The van der Waals surface area contributed by atoms with Crippen LogP contribution in [0.15, 0.2) is 24.3 Å². The van der Waals surface area contributed by atoms with E-state index in [1.54, 1.807) is 4.68 Å². The van der Waals surface area contributed by atoms with Gasteiger partial charge in [0.25, 0.3) is 0 Å². The largest absolute Gasteiger partial charge is 0.382 e. The SMILES string of the molecule is Cc1ccc(C(O)c2cc(C)nn2C)c(C)c1. The van der Waals surface area contributed by atoms with Crippen LogP contribution in [0.2, 0.25) is 0 Å².